The first-order valence-corrected chi connectivity index (χ1v) is 12.0. The zero-order valence-corrected chi connectivity index (χ0v) is 19.4. The molecule has 0 aliphatic rings. The molecule has 1 atom stereocenters. The van der Waals surface area contributed by atoms with Gasteiger partial charge in [-0.15, -0.1) is 0 Å². The minimum absolute atomic E-state index is 0.0697. The summed E-state index contributed by atoms with van der Waals surface area (Å²) in [6.45, 7) is 4.34. The van der Waals surface area contributed by atoms with Crippen molar-refractivity contribution in [1.29, 1.82) is 0 Å². The third-order valence-corrected chi connectivity index (χ3v) is 5.23. The van der Waals surface area contributed by atoms with E-state index in [0.717, 1.165) is 25.7 Å². The number of carbonyl (C=O) groups is 2. The van der Waals surface area contributed by atoms with Crippen LogP contribution in [0.25, 0.3) is 0 Å². The number of aliphatic hydroxyl groups excluding tert-OH is 1. The van der Waals surface area contributed by atoms with Crippen molar-refractivity contribution in [2.75, 3.05) is 19.6 Å². The largest absolute Gasteiger partial charge is 0.480 e. The Bertz CT molecular complexity index is 452. The SMILES string of the molecule is CCCCCCCC/C=C\CCCCCCCC(=O)N(CCNCC(=O)O)C(C)O. The first-order chi connectivity index (χ1) is 14.5. The first kappa shape index (κ1) is 28.6. The van der Waals surface area contributed by atoms with Gasteiger partial charge in [0, 0.05) is 19.5 Å². The molecule has 6 heteroatoms. The summed E-state index contributed by atoms with van der Waals surface area (Å²) in [5.74, 6) is -1.00. The summed E-state index contributed by atoms with van der Waals surface area (Å²) in [5, 5.41) is 21.1. The van der Waals surface area contributed by atoms with Gasteiger partial charge in [0.2, 0.25) is 5.91 Å². The summed E-state index contributed by atoms with van der Waals surface area (Å²) in [4.78, 5) is 24.1. The van der Waals surface area contributed by atoms with Gasteiger partial charge in [-0.25, -0.2) is 0 Å². The topological polar surface area (TPSA) is 89.9 Å². The van der Waals surface area contributed by atoms with Gasteiger partial charge in [-0.3, -0.25) is 9.59 Å². The minimum Gasteiger partial charge on any atom is -0.480 e. The third kappa shape index (κ3) is 18.6. The van der Waals surface area contributed by atoms with Gasteiger partial charge in [0.15, 0.2) is 0 Å². The lowest BCUT2D eigenvalue weighted by Crippen LogP contribution is -2.43. The van der Waals surface area contributed by atoms with Gasteiger partial charge in [-0.1, -0.05) is 70.4 Å². The van der Waals surface area contributed by atoms with E-state index < -0.39 is 12.2 Å². The maximum absolute atomic E-state index is 12.3. The molecule has 0 saturated heterocycles. The Morgan fingerprint density at radius 3 is 1.97 bits per heavy atom. The molecule has 0 spiro atoms. The van der Waals surface area contributed by atoms with Crippen LogP contribution in [0.2, 0.25) is 0 Å². The van der Waals surface area contributed by atoms with E-state index in [1.807, 2.05) is 0 Å². The summed E-state index contributed by atoms with van der Waals surface area (Å²) in [6.07, 6.45) is 20.1. The van der Waals surface area contributed by atoms with Crippen molar-refractivity contribution in [1.82, 2.24) is 10.2 Å². The highest BCUT2D eigenvalue weighted by molar-refractivity contribution is 5.76. The van der Waals surface area contributed by atoms with Crippen LogP contribution in [0.1, 0.15) is 104 Å². The first-order valence-electron chi connectivity index (χ1n) is 12.0. The summed E-state index contributed by atoms with van der Waals surface area (Å²) in [7, 11) is 0. The van der Waals surface area contributed by atoms with Crippen molar-refractivity contribution < 1.29 is 19.8 Å². The van der Waals surface area contributed by atoms with E-state index in [9.17, 15) is 14.7 Å². The number of nitrogens with one attached hydrogen (secondary N) is 1. The van der Waals surface area contributed by atoms with E-state index in [1.54, 1.807) is 6.92 Å². The Kier molecular flexibility index (Phi) is 19.9. The number of amides is 1. The molecule has 176 valence electrons. The number of rotatable bonds is 21. The number of carboxylic acids is 1. The number of nitrogens with zero attached hydrogens (tertiary/aromatic N) is 1. The molecule has 0 aromatic rings. The van der Waals surface area contributed by atoms with Crippen molar-refractivity contribution in [2.24, 2.45) is 0 Å². The van der Waals surface area contributed by atoms with Crippen LogP contribution in [0.3, 0.4) is 0 Å². The normalized spacial score (nSPS) is 12.4. The number of allylic oxidation sites excluding steroid dienone is 2. The summed E-state index contributed by atoms with van der Waals surface area (Å²) >= 11 is 0. The number of aliphatic carboxylic acids is 1. The van der Waals surface area contributed by atoms with E-state index >= 15 is 0 Å². The highest BCUT2D eigenvalue weighted by Crippen LogP contribution is 2.11. The lowest BCUT2D eigenvalue weighted by atomic mass is 10.1. The van der Waals surface area contributed by atoms with Crippen LogP contribution < -0.4 is 5.32 Å². The molecule has 1 amide bonds. The second-order valence-electron chi connectivity index (χ2n) is 8.12. The van der Waals surface area contributed by atoms with E-state index in [2.05, 4.69) is 24.4 Å². The van der Waals surface area contributed by atoms with E-state index in [1.165, 1.54) is 62.7 Å². The molecule has 0 aliphatic heterocycles. The number of aliphatic hydroxyl groups is 1. The van der Waals surface area contributed by atoms with Gasteiger partial charge in [-0.2, -0.15) is 0 Å². The van der Waals surface area contributed by atoms with Crippen molar-refractivity contribution in [3.8, 4) is 0 Å². The van der Waals surface area contributed by atoms with E-state index in [0.29, 0.717) is 19.5 Å². The molecular formula is C24H46N2O4. The molecule has 0 heterocycles. The number of hydrogen-bond acceptors (Lipinski definition) is 4. The lowest BCUT2D eigenvalue weighted by molar-refractivity contribution is -0.140. The van der Waals surface area contributed by atoms with Gasteiger partial charge in [0.25, 0.3) is 0 Å². The molecule has 0 rings (SSSR count). The van der Waals surface area contributed by atoms with Crippen molar-refractivity contribution in [3.63, 3.8) is 0 Å². The van der Waals surface area contributed by atoms with Crippen LogP contribution in [-0.2, 0) is 9.59 Å². The zero-order valence-electron chi connectivity index (χ0n) is 19.4. The van der Waals surface area contributed by atoms with E-state index in [4.69, 9.17) is 5.11 Å². The maximum atomic E-state index is 12.3. The van der Waals surface area contributed by atoms with Crippen LogP contribution in [0.5, 0.6) is 0 Å². The highest BCUT2D eigenvalue weighted by Gasteiger charge is 2.17. The summed E-state index contributed by atoms with van der Waals surface area (Å²) in [6, 6.07) is 0. The third-order valence-electron chi connectivity index (χ3n) is 5.23. The predicted molar refractivity (Wildman–Crippen MR) is 123 cm³/mol. The fourth-order valence-electron chi connectivity index (χ4n) is 3.41. The standard InChI is InChI=1S/C24H46N2O4/c1-3-4-5-6-7-8-9-10-11-12-13-14-15-16-17-18-23(28)26(22(2)27)20-19-25-21-24(29)30/h10-11,22,25,27H,3-9,12-21H2,1-2H3,(H,29,30)/b11-10-. The maximum Gasteiger partial charge on any atom is 0.317 e. The quantitative estimate of drug-likeness (QED) is 0.138. The Labute approximate surface area is 184 Å². The molecule has 3 N–H and O–H groups in total. The number of carboxylic acid groups (broad SMARTS) is 1. The van der Waals surface area contributed by atoms with Crippen molar-refractivity contribution >= 4 is 11.9 Å². The molecule has 0 saturated carbocycles. The molecule has 0 aromatic heterocycles. The highest BCUT2D eigenvalue weighted by atomic mass is 16.4. The molecule has 0 aliphatic carbocycles. The lowest BCUT2D eigenvalue weighted by Gasteiger charge is -2.25. The number of unbranched alkanes of at least 4 members (excludes halogenated alkanes) is 11. The Hall–Kier alpha value is -1.40. The number of hydrogen-bond donors (Lipinski definition) is 3. The van der Waals surface area contributed by atoms with Crippen LogP contribution in [0.15, 0.2) is 12.2 Å². The molecule has 0 radical (unpaired) electrons. The predicted octanol–water partition coefficient (Wildman–Crippen LogP) is 4.87. The second kappa shape index (κ2) is 20.9. The molecule has 1 unspecified atom stereocenters. The van der Waals surface area contributed by atoms with E-state index in [-0.39, 0.29) is 12.5 Å². The minimum atomic E-state index is -0.932. The van der Waals surface area contributed by atoms with Gasteiger partial charge < -0.3 is 20.4 Å². The average Bonchev–Trinajstić information content (AvgIpc) is 2.70. The van der Waals surface area contributed by atoms with Gasteiger partial charge in [0.05, 0.1) is 6.54 Å². The Morgan fingerprint density at radius 1 is 0.900 bits per heavy atom. The van der Waals surface area contributed by atoms with Gasteiger partial charge in [-0.05, 0) is 39.0 Å². The van der Waals surface area contributed by atoms with Crippen LogP contribution in [0.4, 0.5) is 0 Å². The fraction of sp³-hybridized carbons (Fsp3) is 0.833. The van der Waals surface area contributed by atoms with Crippen LogP contribution in [-0.4, -0.2) is 52.9 Å². The van der Waals surface area contributed by atoms with Crippen LogP contribution >= 0.6 is 0 Å². The average molecular weight is 427 g/mol. The second-order valence-corrected chi connectivity index (χ2v) is 8.12. The number of carbonyl (C=O) groups excluding carboxylic acids is 1. The van der Waals surface area contributed by atoms with Crippen LogP contribution in [0, 0.1) is 0 Å². The smallest absolute Gasteiger partial charge is 0.317 e. The zero-order chi connectivity index (χ0) is 22.5. The fourth-order valence-corrected chi connectivity index (χ4v) is 3.41. The monoisotopic (exact) mass is 426 g/mol. The molecule has 0 fully saturated rings. The summed E-state index contributed by atoms with van der Waals surface area (Å²) in [5.41, 5.74) is 0. The molecule has 0 aromatic carbocycles. The Balaban J connectivity index is 3.61. The molecular weight excluding hydrogens is 380 g/mol. The van der Waals surface area contributed by atoms with Gasteiger partial charge in [0.1, 0.15) is 6.23 Å². The molecule has 30 heavy (non-hydrogen) atoms. The van der Waals surface area contributed by atoms with Crippen molar-refractivity contribution in [2.45, 2.75) is 110 Å². The van der Waals surface area contributed by atoms with Crippen molar-refractivity contribution in [3.05, 3.63) is 12.2 Å². The summed E-state index contributed by atoms with van der Waals surface area (Å²) < 4.78 is 0. The van der Waals surface area contributed by atoms with Gasteiger partial charge >= 0.3 is 5.97 Å². The molecule has 6 nitrogen and oxygen atoms in total. The molecule has 0 bridgehead atoms. The Morgan fingerprint density at radius 2 is 1.43 bits per heavy atom.